The first-order valence-corrected chi connectivity index (χ1v) is 24.3. The Balaban J connectivity index is 4.60. The highest BCUT2D eigenvalue weighted by atomic mass is 16.6. The first-order valence-electron chi connectivity index (χ1n) is 24.3. The monoisotopic (exact) mass is 855 g/mol. The maximum Gasteiger partial charge on any atom is 0.306 e. The maximum absolute atomic E-state index is 12.8. The number of hydrogen-bond donors (Lipinski definition) is 0. The number of hydrogen-bond acceptors (Lipinski definition) is 6. The second-order valence-corrected chi connectivity index (χ2v) is 15.5. The molecule has 0 bridgehead atoms. The van der Waals surface area contributed by atoms with Crippen LogP contribution in [0.3, 0.4) is 0 Å². The van der Waals surface area contributed by atoms with E-state index in [0.717, 1.165) is 89.9 Å². The number of rotatable bonds is 41. The fourth-order valence-electron chi connectivity index (χ4n) is 5.99. The van der Waals surface area contributed by atoms with Crippen molar-refractivity contribution in [3.63, 3.8) is 0 Å². The van der Waals surface area contributed by atoms with Crippen molar-refractivity contribution in [3.8, 4) is 0 Å². The van der Waals surface area contributed by atoms with Crippen LogP contribution >= 0.6 is 0 Å². The highest BCUT2D eigenvalue weighted by Gasteiger charge is 2.19. The molecule has 346 valence electrons. The molecule has 0 heterocycles. The number of ether oxygens (including phenoxy) is 3. The van der Waals surface area contributed by atoms with E-state index in [1.54, 1.807) is 0 Å². The molecule has 0 spiro atoms. The molecule has 0 radical (unpaired) electrons. The lowest BCUT2D eigenvalue weighted by Crippen LogP contribution is -2.30. The van der Waals surface area contributed by atoms with E-state index >= 15 is 0 Å². The molecule has 0 rings (SSSR count). The number of carbonyl (C=O) groups is 3. The van der Waals surface area contributed by atoms with Crippen LogP contribution in [0.2, 0.25) is 0 Å². The number of carbonyl (C=O) groups excluding carboxylic acids is 3. The molecule has 1 unspecified atom stereocenters. The quantitative estimate of drug-likeness (QED) is 0.0264. The summed E-state index contributed by atoms with van der Waals surface area (Å²) < 4.78 is 16.7. The molecule has 0 aromatic rings. The summed E-state index contributed by atoms with van der Waals surface area (Å²) in [7, 11) is 0. The van der Waals surface area contributed by atoms with E-state index in [1.165, 1.54) is 44.9 Å². The van der Waals surface area contributed by atoms with Crippen molar-refractivity contribution >= 4 is 17.9 Å². The summed E-state index contributed by atoms with van der Waals surface area (Å²) in [4.78, 5) is 37.9. The Bertz CT molecular complexity index is 1400. The van der Waals surface area contributed by atoms with Gasteiger partial charge in [-0.25, -0.2) is 0 Å². The topological polar surface area (TPSA) is 78.9 Å². The standard InChI is InChI=1S/C56H86O6/c1-4-7-10-13-16-19-22-25-27-29-31-34-37-40-43-46-49-55(58)61-52-53(51-60-54(57)48-45-42-39-36-33-30-24-21-18-15-12-9-6-3)62-56(59)50-47-44-41-38-35-32-28-26-23-20-17-14-11-8-5-2/h8-9,11-12,14-15,17-18,20-21,23-24,26-35,53H,4-7,10,13,16,19,22,25,36-52H2,1-3H3/b11-8+,12-9+,17-14+,18-15+,23-20+,24-21+,28-26+,29-27+,33-30+,34-31+,35-32+. The van der Waals surface area contributed by atoms with E-state index in [2.05, 4.69) is 69.4 Å². The lowest BCUT2D eigenvalue weighted by molar-refractivity contribution is -0.167. The molecular weight excluding hydrogens is 769 g/mol. The normalized spacial score (nSPS) is 13.3. The minimum Gasteiger partial charge on any atom is -0.462 e. The SMILES string of the molecule is CC/C=C/C=C/C=C/C=C/C=C/CCCCCC(=O)OC(COC(=O)CCCCC/C=C/C=C/C=C/C=C/CC)COC(=O)CCCCC/C=C/C=C/CCCCCCCCC. The van der Waals surface area contributed by atoms with E-state index < -0.39 is 6.10 Å². The minimum atomic E-state index is -0.831. The third kappa shape index (κ3) is 46.6. The Kier molecular flexibility index (Phi) is 45.7. The van der Waals surface area contributed by atoms with Gasteiger partial charge in [-0.3, -0.25) is 14.4 Å². The maximum atomic E-state index is 12.8. The summed E-state index contributed by atoms with van der Waals surface area (Å²) in [6.07, 6.45) is 68.6. The number of esters is 3. The third-order valence-corrected chi connectivity index (χ3v) is 9.62. The van der Waals surface area contributed by atoms with Crippen molar-refractivity contribution < 1.29 is 28.6 Å². The molecule has 6 heteroatoms. The molecule has 0 aliphatic rings. The van der Waals surface area contributed by atoms with Gasteiger partial charge in [0.1, 0.15) is 13.2 Å². The van der Waals surface area contributed by atoms with Crippen LogP contribution in [0, 0.1) is 0 Å². The number of allylic oxidation sites excluding steroid dienone is 22. The van der Waals surface area contributed by atoms with Crippen molar-refractivity contribution in [2.24, 2.45) is 0 Å². The Hall–Kier alpha value is -4.45. The van der Waals surface area contributed by atoms with Crippen LogP contribution in [0.15, 0.2) is 134 Å². The summed E-state index contributed by atoms with van der Waals surface area (Å²) in [5.41, 5.74) is 0. The van der Waals surface area contributed by atoms with Gasteiger partial charge in [0.15, 0.2) is 6.10 Å². The van der Waals surface area contributed by atoms with Crippen molar-refractivity contribution in [3.05, 3.63) is 134 Å². The van der Waals surface area contributed by atoms with Crippen LogP contribution in [-0.2, 0) is 28.6 Å². The third-order valence-electron chi connectivity index (χ3n) is 9.62. The molecule has 62 heavy (non-hydrogen) atoms. The summed E-state index contributed by atoms with van der Waals surface area (Å²) in [6, 6.07) is 0. The Labute approximate surface area is 379 Å². The fourth-order valence-corrected chi connectivity index (χ4v) is 5.99. The lowest BCUT2D eigenvalue weighted by Gasteiger charge is -2.18. The largest absolute Gasteiger partial charge is 0.462 e. The van der Waals surface area contributed by atoms with Crippen LogP contribution in [0.5, 0.6) is 0 Å². The van der Waals surface area contributed by atoms with Crippen LogP contribution in [0.4, 0.5) is 0 Å². The molecule has 0 aliphatic carbocycles. The van der Waals surface area contributed by atoms with E-state index in [4.69, 9.17) is 14.2 Å². The van der Waals surface area contributed by atoms with E-state index in [1.807, 2.05) is 85.1 Å². The van der Waals surface area contributed by atoms with Crippen molar-refractivity contribution in [2.75, 3.05) is 13.2 Å². The van der Waals surface area contributed by atoms with Gasteiger partial charge in [-0.1, -0.05) is 212 Å². The van der Waals surface area contributed by atoms with Gasteiger partial charge in [0.25, 0.3) is 0 Å². The van der Waals surface area contributed by atoms with Gasteiger partial charge in [-0.05, 0) is 83.5 Å². The molecule has 0 aliphatic heterocycles. The van der Waals surface area contributed by atoms with Gasteiger partial charge in [-0.2, -0.15) is 0 Å². The zero-order chi connectivity index (χ0) is 45.1. The van der Waals surface area contributed by atoms with Crippen LogP contribution in [0.1, 0.15) is 181 Å². The average molecular weight is 855 g/mol. The highest BCUT2D eigenvalue weighted by molar-refractivity contribution is 5.71. The summed E-state index contributed by atoms with van der Waals surface area (Å²) >= 11 is 0. The Morgan fingerprint density at radius 3 is 1.00 bits per heavy atom. The molecule has 0 fully saturated rings. The predicted octanol–water partition coefficient (Wildman–Crippen LogP) is 15.9. The second-order valence-electron chi connectivity index (χ2n) is 15.5. The van der Waals surface area contributed by atoms with Gasteiger partial charge >= 0.3 is 17.9 Å². The molecule has 1 atom stereocenters. The van der Waals surface area contributed by atoms with Gasteiger partial charge < -0.3 is 14.2 Å². The smallest absolute Gasteiger partial charge is 0.306 e. The highest BCUT2D eigenvalue weighted by Crippen LogP contribution is 2.11. The molecule has 0 amide bonds. The predicted molar refractivity (Wildman–Crippen MR) is 265 cm³/mol. The van der Waals surface area contributed by atoms with E-state index in [9.17, 15) is 14.4 Å². The molecule has 0 saturated heterocycles. The molecule has 6 nitrogen and oxygen atoms in total. The van der Waals surface area contributed by atoms with Gasteiger partial charge in [0, 0.05) is 19.3 Å². The van der Waals surface area contributed by atoms with Crippen molar-refractivity contribution in [1.82, 2.24) is 0 Å². The average Bonchev–Trinajstić information content (AvgIpc) is 3.27. The van der Waals surface area contributed by atoms with Crippen LogP contribution < -0.4 is 0 Å². The molecule has 0 aromatic heterocycles. The number of unbranched alkanes of at least 4 members (excludes halogenated alkanes) is 16. The second kappa shape index (κ2) is 49.2. The lowest BCUT2D eigenvalue weighted by atomic mass is 10.1. The fraction of sp³-hybridized carbons (Fsp3) is 0.554. The summed E-state index contributed by atoms with van der Waals surface area (Å²) in [5, 5.41) is 0. The zero-order valence-corrected chi connectivity index (χ0v) is 39.3. The Morgan fingerprint density at radius 2 is 0.629 bits per heavy atom. The summed E-state index contributed by atoms with van der Waals surface area (Å²) in [5.74, 6) is -1.05. The van der Waals surface area contributed by atoms with Gasteiger partial charge in [0.2, 0.25) is 0 Å². The van der Waals surface area contributed by atoms with Crippen LogP contribution in [0.25, 0.3) is 0 Å². The Morgan fingerprint density at radius 1 is 0.339 bits per heavy atom. The van der Waals surface area contributed by atoms with E-state index in [-0.39, 0.29) is 37.5 Å². The first kappa shape index (κ1) is 57.5. The summed E-state index contributed by atoms with van der Waals surface area (Å²) in [6.45, 7) is 6.22. The van der Waals surface area contributed by atoms with Crippen LogP contribution in [-0.4, -0.2) is 37.2 Å². The molecule has 0 aromatic carbocycles. The first-order chi connectivity index (χ1) is 30.5. The van der Waals surface area contributed by atoms with Gasteiger partial charge in [-0.15, -0.1) is 0 Å². The van der Waals surface area contributed by atoms with Crippen molar-refractivity contribution in [2.45, 2.75) is 187 Å². The molecule has 0 saturated carbocycles. The minimum absolute atomic E-state index is 0.127. The van der Waals surface area contributed by atoms with Crippen molar-refractivity contribution in [1.29, 1.82) is 0 Å². The molecule has 0 N–H and O–H groups in total. The zero-order valence-electron chi connectivity index (χ0n) is 39.3. The van der Waals surface area contributed by atoms with Gasteiger partial charge in [0.05, 0.1) is 0 Å². The van der Waals surface area contributed by atoms with E-state index in [0.29, 0.717) is 19.3 Å². The molecular formula is C56H86O6.